The van der Waals surface area contributed by atoms with E-state index in [0.29, 0.717) is 23.7 Å². The van der Waals surface area contributed by atoms with E-state index in [2.05, 4.69) is 20.3 Å². The number of ether oxygens (including phenoxy) is 1. The van der Waals surface area contributed by atoms with Crippen molar-refractivity contribution in [3.63, 3.8) is 0 Å². The summed E-state index contributed by atoms with van der Waals surface area (Å²) in [6.07, 6.45) is 0. The van der Waals surface area contributed by atoms with Crippen LogP contribution in [0.3, 0.4) is 0 Å². The fourth-order valence-corrected chi connectivity index (χ4v) is 2.84. The molecule has 1 N–H and O–H groups in total. The molecule has 0 radical (unpaired) electrons. The van der Waals surface area contributed by atoms with Crippen molar-refractivity contribution in [3.05, 3.63) is 17.5 Å². The van der Waals surface area contributed by atoms with Gasteiger partial charge in [-0.2, -0.15) is 15.0 Å². The first-order chi connectivity index (χ1) is 8.81. The van der Waals surface area contributed by atoms with Gasteiger partial charge in [0, 0.05) is 6.54 Å². The standard InChI is InChI=1S/C11H14N4OS2/c1-3-12-9-13-10(16-4-2)15-11(14-9)18-8-6-5-7-17-8/h5-7H,3-4H2,1-2H3,(H,12,13,14,15). The molecule has 2 aromatic rings. The first-order valence-electron chi connectivity index (χ1n) is 5.66. The van der Waals surface area contributed by atoms with Crippen molar-refractivity contribution in [2.24, 2.45) is 0 Å². The highest BCUT2D eigenvalue weighted by Gasteiger charge is 2.08. The average molecular weight is 282 g/mol. The Morgan fingerprint density at radius 1 is 1.33 bits per heavy atom. The zero-order chi connectivity index (χ0) is 12.8. The van der Waals surface area contributed by atoms with Crippen molar-refractivity contribution in [1.29, 1.82) is 0 Å². The van der Waals surface area contributed by atoms with Crippen LogP contribution in [-0.2, 0) is 0 Å². The molecule has 0 aromatic carbocycles. The molecule has 0 unspecified atom stereocenters. The number of hydrogen-bond acceptors (Lipinski definition) is 7. The van der Waals surface area contributed by atoms with E-state index in [4.69, 9.17) is 4.74 Å². The summed E-state index contributed by atoms with van der Waals surface area (Å²) in [5, 5.41) is 5.75. The number of thiophene rings is 1. The van der Waals surface area contributed by atoms with Gasteiger partial charge in [-0.3, -0.25) is 0 Å². The van der Waals surface area contributed by atoms with Crippen LogP contribution in [0.2, 0.25) is 0 Å². The lowest BCUT2D eigenvalue weighted by Gasteiger charge is -2.06. The van der Waals surface area contributed by atoms with Crippen LogP contribution in [-0.4, -0.2) is 28.1 Å². The van der Waals surface area contributed by atoms with Gasteiger partial charge in [0.25, 0.3) is 0 Å². The third kappa shape index (κ3) is 3.58. The van der Waals surface area contributed by atoms with Crippen LogP contribution in [0.4, 0.5) is 5.95 Å². The molecule has 0 aliphatic heterocycles. The van der Waals surface area contributed by atoms with E-state index in [0.717, 1.165) is 10.8 Å². The number of nitrogens with one attached hydrogen (secondary N) is 1. The molecule has 0 atom stereocenters. The molecular weight excluding hydrogens is 268 g/mol. The lowest BCUT2D eigenvalue weighted by Crippen LogP contribution is -2.07. The fraction of sp³-hybridized carbons (Fsp3) is 0.364. The molecule has 0 saturated carbocycles. The molecule has 0 amide bonds. The van der Waals surface area contributed by atoms with Gasteiger partial charge in [0.1, 0.15) is 0 Å². The van der Waals surface area contributed by atoms with Gasteiger partial charge in [-0.1, -0.05) is 6.07 Å². The maximum Gasteiger partial charge on any atom is 0.322 e. The Bertz CT molecular complexity index is 466. The molecule has 0 fully saturated rings. The Hall–Kier alpha value is -1.34. The number of anilines is 1. The third-order valence-electron chi connectivity index (χ3n) is 1.89. The van der Waals surface area contributed by atoms with Gasteiger partial charge in [-0.05, 0) is 37.1 Å². The maximum atomic E-state index is 5.34. The van der Waals surface area contributed by atoms with Gasteiger partial charge >= 0.3 is 6.01 Å². The monoisotopic (exact) mass is 282 g/mol. The lowest BCUT2D eigenvalue weighted by molar-refractivity contribution is 0.308. The van der Waals surface area contributed by atoms with E-state index in [1.807, 2.05) is 31.4 Å². The Morgan fingerprint density at radius 3 is 2.89 bits per heavy atom. The summed E-state index contributed by atoms with van der Waals surface area (Å²) in [6, 6.07) is 4.40. The topological polar surface area (TPSA) is 59.9 Å². The van der Waals surface area contributed by atoms with Crippen LogP contribution < -0.4 is 10.1 Å². The number of aromatic nitrogens is 3. The van der Waals surface area contributed by atoms with Gasteiger partial charge in [-0.25, -0.2) is 0 Å². The molecule has 0 aliphatic carbocycles. The molecule has 5 nitrogen and oxygen atoms in total. The summed E-state index contributed by atoms with van der Waals surface area (Å²) in [7, 11) is 0. The zero-order valence-corrected chi connectivity index (χ0v) is 11.8. The second-order valence-corrected chi connectivity index (χ2v) is 5.44. The van der Waals surface area contributed by atoms with Crippen molar-refractivity contribution in [3.8, 4) is 6.01 Å². The molecule has 2 heterocycles. The average Bonchev–Trinajstić information content (AvgIpc) is 2.82. The largest absolute Gasteiger partial charge is 0.464 e. The van der Waals surface area contributed by atoms with Crippen molar-refractivity contribution in [2.45, 2.75) is 23.2 Å². The normalized spacial score (nSPS) is 10.3. The van der Waals surface area contributed by atoms with Crippen LogP contribution >= 0.6 is 23.1 Å². The Kier molecular flexibility index (Phi) is 4.77. The molecular formula is C11H14N4OS2. The molecule has 2 aromatic heterocycles. The fourth-order valence-electron chi connectivity index (χ4n) is 1.23. The predicted octanol–water partition coefficient (Wildman–Crippen LogP) is 2.91. The molecule has 2 rings (SSSR count). The SMILES string of the molecule is CCNc1nc(OCC)nc(Sc2cccs2)n1. The second-order valence-electron chi connectivity index (χ2n) is 3.22. The van der Waals surface area contributed by atoms with Crippen LogP contribution in [0, 0.1) is 0 Å². The Balaban J connectivity index is 2.21. The van der Waals surface area contributed by atoms with Crippen molar-refractivity contribution in [2.75, 3.05) is 18.5 Å². The van der Waals surface area contributed by atoms with E-state index in [1.54, 1.807) is 11.3 Å². The van der Waals surface area contributed by atoms with Gasteiger partial charge in [0.2, 0.25) is 11.1 Å². The summed E-state index contributed by atoms with van der Waals surface area (Å²) < 4.78 is 6.49. The highest BCUT2D eigenvalue weighted by atomic mass is 32.2. The van der Waals surface area contributed by atoms with E-state index >= 15 is 0 Å². The summed E-state index contributed by atoms with van der Waals surface area (Å²) in [4.78, 5) is 12.8. The molecule has 0 aliphatic rings. The minimum Gasteiger partial charge on any atom is -0.464 e. The summed E-state index contributed by atoms with van der Waals surface area (Å²) in [6.45, 7) is 5.20. The second kappa shape index (κ2) is 6.55. The zero-order valence-electron chi connectivity index (χ0n) is 10.2. The molecule has 7 heteroatoms. The number of rotatable bonds is 6. The van der Waals surface area contributed by atoms with Gasteiger partial charge in [0.15, 0.2) is 0 Å². The van der Waals surface area contributed by atoms with E-state index in [9.17, 15) is 0 Å². The smallest absolute Gasteiger partial charge is 0.322 e. The van der Waals surface area contributed by atoms with E-state index in [1.165, 1.54) is 11.8 Å². The van der Waals surface area contributed by atoms with Crippen molar-refractivity contribution >= 4 is 29.0 Å². The summed E-state index contributed by atoms with van der Waals surface area (Å²) >= 11 is 3.17. The van der Waals surface area contributed by atoms with Crippen LogP contribution in [0.25, 0.3) is 0 Å². The number of hydrogen-bond donors (Lipinski definition) is 1. The van der Waals surface area contributed by atoms with E-state index < -0.39 is 0 Å². The van der Waals surface area contributed by atoms with Crippen molar-refractivity contribution < 1.29 is 4.74 Å². The maximum absolute atomic E-state index is 5.34. The van der Waals surface area contributed by atoms with Crippen LogP contribution in [0.15, 0.2) is 26.9 Å². The van der Waals surface area contributed by atoms with Gasteiger partial charge < -0.3 is 10.1 Å². The molecule has 18 heavy (non-hydrogen) atoms. The molecule has 0 bridgehead atoms. The highest BCUT2D eigenvalue weighted by molar-refractivity contribution is 8.01. The van der Waals surface area contributed by atoms with Gasteiger partial charge in [0.05, 0.1) is 10.8 Å². The minimum absolute atomic E-state index is 0.363. The van der Waals surface area contributed by atoms with Gasteiger partial charge in [-0.15, -0.1) is 11.3 Å². The molecule has 0 spiro atoms. The van der Waals surface area contributed by atoms with Crippen molar-refractivity contribution in [1.82, 2.24) is 15.0 Å². The van der Waals surface area contributed by atoms with E-state index in [-0.39, 0.29) is 0 Å². The van der Waals surface area contributed by atoms with Crippen LogP contribution in [0.5, 0.6) is 6.01 Å². The summed E-state index contributed by atoms with van der Waals surface area (Å²) in [5.74, 6) is 0.551. The highest BCUT2D eigenvalue weighted by Crippen LogP contribution is 2.29. The quantitative estimate of drug-likeness (QED) is 0.879. The summed E-state index contributed by atoms with van der Waals surface area (Å²) in [5.41, 5.74) is 0. The predicted molar refractivity (Wildman–Crippen MR) is 73.6 cm³/mol. The minimum atomic E-state index is 0.363. The lowest BCUT2D eigenvalue weighted by atomic mass is 10.7. The first kappa shape index (κ1) is 13.1. The van der Waals surface area contributed by atoms with Crippen LogP contribution in [0.1, 0.15) is 13.8 Å². The first-order valence-corrected chi connectivity index (χ1v) is 7.35. The third-order valence-corrected chi connectivity index (χ3v) is 3.79. The molecule has 0 saturated heterocycles. The molecule has 96 valence electrons. The Morgan fingerprint density at radius 2 is 2.22 bits per heavy atom. The Labute approximate surface area is 114 Å². The number of nitrogens with zero attached hydrogens (tertiary/aromatic N) is 3.